The van der Waals surface area contributed by atoms with Crippen LogP contribution in [-0.2, 0) is 19.9 Å². The molecule has 0 spiro atoms. The summed E-state index contributed by atoms with van der Waals surface area (Å²) < 4.78 is 15.2. The highest BCUT2D eigenvalue weighted by Gasteiger charge is 2.17. The molecule has 2 aromatic rings. The molecule has 1 N–H and O–H groups in total. The highest BCUT2D eigenvalue weighted by Crippen LogP contribution is 2.22. The van der Waals surface area contributed by atoms with Gasteiger partial charge in [-0.25, -0.2) is 4.39 Å². The molecular formula is C16H22FN3. The molecule has 1 aromatic heterocycles. The van der Waals surface area contributed by atoms with Gasteiger partial charge in [-0.05, 0) is 37.1 Å². The summed E-state index contributed by atoms with van der Waals surface area (Å²) in [6.45, 7) is 5.07. The zero-order chi connectivity index (χ0) is 14.5. The minimum absolute atomic E-state index is 0.172. The van der Waals surface area contributed by atoms with E-state index < -0.39 is 0 Å². The first kappa shape index (κ1) is 14.7. The van der Waals surface area contributed by atoms with Crippen molar-refractivity contribution < 1.29 is 4.39 Å². The Kier molecular flexibility index (Phi) is 4.90. The molecule has 1 unspecified atom stereocenters. The quantitative estimate of drug-likeness (QED) is 0.878. The summed E-state index contributed by atoms with van der Waals surface area (Å²) in [6.07, 6.45) is 3.73. The average Bonchev–Trinajstić information content (AvgIpc) is 2.79. The van der Waals surface area contributed by atoms with Crippen molar-refractivity contribution in [3.05, 3.63) is 53.1 Å². The molecule has 0 amide bonds. The molecule has 0 saturated carbocycles. The molecule has 0 saturated heterocycles. The van der Waals surface area contributed by atoms with E-state index in [4.69, 9.17) is 0 Å². The van der Waals surface area contributed by atoms with E-state index in [2.05, 4.69) is 30.5 Å². The van der Waals surface area contributed by atoms with Crippen LogP contribution in [0.3, 0.4) is 0 Å². The molecular weight excluding hydrogens is 253 g/mol. The van der Waals surface area contributed by atoms with Gasteiger partial charge in [0, 0.05) is 24.8 Å². The maximum absolute atomic E-state index is 13.3. The molecule has 0 aliphatic rings. The molecule has 1 heterocycles. The van der Waals surface area contributed by atoms with Gasteiger partial charge in [-0.3, -0.25) is 4.68 Å². The minimum Gasteiger partial charge on any atom is -0.310 e. The number of halogens is 1. The van der Waals surface area contributed by atoms with Gasteiger partial charge in [0.15, 0.2) is 0 Å². The van der Waals surface area contributed by atoms with Gasteiger partial charge in [-0.2, -0.15) is 5.10 Å². The SMILES string of the molecule is CCNC(Cc1cccc(F)c1)c1cn(C)nc1CC. The molecule has 1 aromatic carbocycles. The second-order valence-electron chi connectivity index (χ2n) is 5.00. The van der Waals surface area contributed by atoms with Crippen LogP contribution in [0, 0.1) is 5.82 Å². The first-order chi connectivity index (χ1) is 9.63. The summed E-state index contributed by atoms with van der Waals surface area (Å²) in [5.74, 6) is -0.181. The number of hydrogen-bond donors (Lipinski definition) is 1. The van der Waals surface area contributed by atoms with Crippen molar-refractivity contribution in [2.45, 2.75) is 32.7 Å². The summed E-state index contributed by atoms with van der Waals surface area (Å²) in [5.41, 5.74) is 3.32. The highest BCUT2D eigenvalue weighted by molar-refractivity contribution is 5.26. The number of hydrogen-bond acceptors (Lipinski definition) is 2. The van der Waals surface area contributed by atoms with Crippen LogP contribution in [0.25, 0.3) is 0 Å². The van der Waals surface area contributed by atoms with E-state index in [0.717, 1.165) is 30.6 Å². The van der Waals surface area contributed by atoms with Gasteiger partial charge >= 0.3 is 0 Å². The van der Waals surface area contributed by atoms with Crippen LogP contribution < -0.4 is 5.32 Å². The van der Waals surface area contributed by atoms with Crippen LogP contribution in [0.2, 0.25) is 0 Å². The zero-order valence-electron chi connectivity index (χ0n) is 12.4. The molecule has 0 aliphatic heterocycles. The highest BCUT2D eigenvalue weighted by atomic mass is 19.1. The Hall–Kier alpha value is -1.68. The maximum Gasteiger partial charge on any atom is 0.123 e. The van der Waals surface area contributed by atoms with E-state index in [-0.39, 0.29) is 11.9 Å². The first-order valence-corrected chi connectivity index (χ1v) is 7.14. The minimum atomic E-state index is -0.181. The predicted molar refractivity (Wildman–Crippen MR) is 79.1 cm³/mol. The lowest BCUT2D eigenvalue weighted by molar-refractivity contribution is 0.542. The smallest absolute Gasteiger partial charge is 0.123 e. The number of nitrogens with one attached hydrogen (secondary N) is 1. The van der Waals surface area contributed by atoms with Crippen LogP contribution in [0.5, 0.6) is 0 Å². The van der Waals surface area contributed by atoms with E-state index in [1.807, 2.05) is 17.8 Å². The van der Waals surface area contributed by atoms with E-state index in [9.17, 15) is 4.39 Å². The lowest BCUT2D eigenvalue weighted by atomic mass is 9.98. The summed E-state index contributed by atoms with van der Waals surface area (Å²) >= 11 is 0. The number of aryl methyl sites for hydroxylation is 2. The fourth-order valence-electron chi connectivity index (χ4n) is 2.56. The second-order valence-corrected chi connectivity index (χ2v) is 5.00. The largest absolute Gasteiger partial charge is 0.310 e. The maximum atomic E-state index is 13.3. The van der Waals surface area contributed by atoms with Crippen molar-refractivity contribution in [2.24, 2.45) is 7.05 Å². The van der Waals surface area contributed by atoms with Crippen molar-refractivity contribution in [2.75, 3.05) is 6.54 Å². The Morgan fingerprint density at radius 1 is 1.35 bits per heavy atom. The number of nitrogens with zero attached hydrogens (tertiary/aromatic N) is 2. The van der Waals surface area contributed by atoms with Crippen LogP contribution >= 0.6 is 0 Å². The van der Waals surface area contributed by atoms with Gasteiger partial charge in [0.1, 0.15) is 5.82 Å². The first-order valence-electron chi connectivity index (χ1n) is 7.14. The van der Waals surface area contributed by atoms with Crippen molar-refractivity contribution in [1.29, 1.82) is 0 Å². The van der Waals surface area contributed by atoms with Gasteiger partial charge in [0.25, 0.3) is 0 Å². The van der Waals surface area contributed by atoms with Crippen molar-refractivity contribution in [3.63, 3.8) is 0 Å². The molecule has 1 atom stereocenters. The predicted octanol–water partition coefficient (Wildman–Crippen LogP) is 3.01. The number of likely N-dealkylation sites (N-methyl/N-ethyl adjacent to an activating group) is 1. The lowest BCUT2D eigenvalue weighted by Gasteiger charge is -2.18. The summed E-state index contributed by atoms with van der Waals surface area (Å²) in [4.78, 5) is 0. The third kappa shape index (κ3) is 3.45. The van der Waals surface area contributed by atoms with Gasteiger partial charge in [0.05, 0.1) is 5.69 Å². The van der Waals surface area contributed by atoms with Crippen molar-refractivity contribution >= 4 is 0 Å². The normalized spacial score (nSPS) is 12.6. The standard InChI is InChI=1S/C16H22FN3/c1-4-15-14(11-20(3)19-15)16(18-5-2)10-12-7-6-8-13(17)9-12/h6-9,11,16,18H,4-5,10H2,1-3H3. The number of aromatic nitrogens is 2. The molecule has 2 rings (SSSR count). The molecule has 108 valence electrons. The molecule has 0 fully saturated rings. The van der Waals surface area contributed by atoms with Crippen molar-refractivity contribution in [3.8, 4) is 0 Å². The molecule has 3 nitrogen and oxygen atoms in total. The zero-order valence-corrected chi connectivity index (χ0v) is 12.4. The summed E-state index contributed by atoms with van der Waals surface area (Å²) in [7, 11) is 1.94. The Morgan fingerprint density at radius 2 is 2.15 bits per heavy atom. The van der Waals surface area contributed by atoms with Crippen LogP contribution in [0.1, 0.15) is 36.7 Å². The Morgan fingerprint density at radius 3 is 2.80 bits per heavy atom. The Labute approximate surface area is 119 Å². The Balaban J connectivity index is 2.26. The fourth-order valence-corrected chi connectivity index (χ4v) is 2.56. The Bertz CT molecular complexity index is 563. The van der Waals surface area contributed by atoms with Crippen LogP contribution in [-0.4, -0.2) is 16.3 Å². The molecule has 20 heavy (non-hydrogen) atoms. The molecule has 0 radical (unpaired) electrons. The second kappa shape index (κ2) is 6.66. The summed E-state index contributed by atoms with van der Waals surface area (Å²) in [6, 6.07) is 6.98. The topological polar surface area (TPSA) is 29.9 Å². The molecule has 0 bridgehead atoms. The van der Waals surface area contributed by atoms with E-state index in [1.54, 1.807) is 12.1 Å². The third-order valence-electron chi connectivity index (χ3n) is 3.43. The third-order valence-corrected chi connectivity index (χ3v) is 3.43. The van der Waals surface area contributed by atoms with Gasteiger partial charge in [0.2, 0.25) is 0 Å². The lowest BCUT2D eigenvalue weighted by Crippen LogP contribution is -2.23. The van der Waals surface area contributed by atoms with Gasteiger partial charge < -0.3 is 5.32 Å². The number of benzene rings is 1. The van der Waals surface area contributed by atoms with Gasteiger partial charge in [-0.1, -0.05) is 26.0 Å². The van der Waals surface area contributed by atoms with Crippen molar-refractivity contribution in [1.82, 2.24) is 15.1 Å². The average molecular weight is 275 g/mol. The van der Waals surface area contributed by atoms with Crippen LogP contribution in [0.4, 0.5) is 4.39 Å². The monoisotopic (exact) mass is 275 g/mol. The van der Waals surface area contributed by atoms with E-state index in [1.165, 1.54) is 11.6 Å². The fraction of sp³-hybridized carbons (Fsp3) is 0.438. The van der Waals surface area contributed by atoms with E-state index >= 15 is 0 Å². The van der Waals surface area contributed by atoms with Gasteiger partial charge in [-0.15, -0.1) is 0 Å². The number of rotatable bonds is 6. The van der Waals surface area contributed by atoms with E-state index in [0.29, 0.717) is 0 Å². The summed E-state index contributed by atoms with van der Waals surface area (Å²) in [5, 5.41) is 7.97. The molecule has 0 aliphatic carbocycles. The van der Waals surface area contributed by atoms with Crippen LogP contribution in [0.15, 0.2) is 30.5 Å². The molecule has 4 heteroatoms.